The van der Waals surface area contributed by atoms with Crippen LogP contribution in [0.5, 0.6) is 0 Å². The van der Waals surface area contributed by atoms with Gasteiger partial charge in [0, 0.05) is 13.1 Å². The average molecular weight is 260 g/mol. The minimum absolute atomic E-state index is 0.0538. The number of nitrogens with zero attached hydrogens (tertiary/aromatic N) is 1. The van der Waals surface area contributed by atoms with Gasteiger partial charge in [0.1, 0.15) is 0 Å². The minimum Gasteiger partial charge on any atom is -0.328 e. The summed E-state index contributed by atoms with van der Waals surface area (Å²) in [7, 11) is 2.25. The molecule has 106 valence electrons. The molecule has 0 bridgehead atoms. The Bertz CT molecular complexity index is 415. The molecule has 1 aromatic carbocycles. The highest BCUT2D eigenvalue weighted by molar-refractivity contribution is 5.36. The standard InChI is InChI=1S/C17H28N2/c1-4-14(2)12-19(3)17(13-18)11-7-9-15-8-5-6-10-16(15)17/h5-6,8,10,14H,4,7,9,11-13,18H2,1-3H3. The van der Waals surface area contributed by atoms with Crippen molar-refractivity contribution >= 4 is 0 Å². The predicted molar refractivity (Wildman–Crippen MR) is 82.2 cm³/mol. The molecule has 0 saturated heterocycles. The molecule has 2 unspecified atom stereocenters. The van der Waals surface area contributed by atoms with Crippen LogP contribution < -0.4 is 5.73 Å². The normalized spacial score (nSPS) is 24.3. The fraction of sp³-hybridized carbons (Fsp3) is 0.647. The summed E-state index contributed by atoms with van der Waals surface area (Å²) < 4.78 is 0. The Morgan fingerprint density at radius 2 is 2.11 bits per heavy atom. The Hall–Kier alpha value is -0.860. The first-order valence-corrected chi connectivity index (χ1v) is 7.63. The van der Waals surface area contributed by atoms with E-state index in [0.29, 0.717) is 0 Å². The second-order valence-corrected chi connectivity index (χ2v) is 6.14. The molecule has 2 N–H and O–H groups in total. The molecule has 1 aliphatic rings. The summed E-state index contributed by atoms with van der Waals surface area (Å²) in [6, 6.07) is 8.87. The SMILES string of the molecule is CCC(C)CN(C)C1(CN)CCCc2ccccc21. The molecule has 2 rings (SSSR count). The van der Waals surface area contributed by atoms with E-state index in [1.54, 1.807) is 0 Å². The van der Waals surface area contributed by atoms with Crippen molar-refractivity contribution in [3.8, 4) is 0 Å². The van der Waals surface area contributed by atoms with Gasteiger partial charge in [0.15, 0.2) is 0 Å². The maximum absolute atomic E-state index is 6.23. The van der Waals surface area contributed by atoms with Crippen LogP contribution in [0.4, 0.5) is 0 Å². The number of hydrogen-bond donors (Lipinski definition) is 1. The summed E-state index contributed by atoms with van der Waals surface area (Å²) in [4.78, 5) is 2.51. The second-order valence-electron chi connectivity index (χ2n) is 6.14. The molecule has 0 radical (unpaired) electrons. The summed E-state index contributed by atoms with van der Waals surface area (Å²) >= 11 is 0. The third-order valence-corrected chi connectivity index (χ3v) is 4.91. The molecule has 1 aromatic rings. The molecule has 0 amide bonds. The monoisotopic (exact) mass is 260 g/mol. The summed E-state index contributed by atoms with van der Waals surface area (Å²) in [5.74, 6) is 0.725. The first kappa shape index (κ1) is 14.5. The molecule has 0 aliphatic heterocycles. The van der Waals surface area contributed by atoms with Gasteiger partial charge in [-0.3, -0.25) is 4.90 Å². The zero-order valence-corrected chi connectivity index (χ0v) is 12.7. The number of aryl methyl sites for hydroxylation is 1. The highest BCUT2D eigenvalue weighted by Gasteiger charge is 2.38. The predicted octanol–water partition coefficient (Wildman–Crippen LogP) is 3.15. The number of nitrogens with two attached hydrogens (primary N) is 1. The van der Waals surface area contributed by atoms with E-state index in [4.69, 9.17) is 5.73 Å². The Morgan fingerprint density at radius 1 is 1.37 bits per heavy atom. The highest BCUT2D eigenvalue weighted by atomic mass is 15.2. The van der Waals surface area contributed by atoms with Gasteiger partial charge in [-0.15, -0.1) is 0 Å². The molecule has 19 heavy (non-hydrogen) atoms. The van der Waals surface area contributed by atoms with Crippen molar-refractivity contribution in [3.05, 3.63) is 35.4 Å². The fourth-order valence-electron chi connectivity index (χ4n) is 3.43. The first-order valence-electron chi connectivity index (χ1n) is 7.63. The van der Waals surface area contributed by atoms with Crippen molar-refractivity contribution in [3.63, 3.8) is 0 Å². The van der Waals surface area contributed by atoms with Crippen LogP contribution in [0.1, 0.15) is 44.2 Å². The smallest absolute Gasteiger partial charge is 0.0584 e. The van der Waals surface area contributed by atoms with E-state index < -0.39 is 0 Å². The molecule has 0 fully saturated rings. The van der Waals surface area contributed by atoms with Crippen molar-refractivity contribution < 1.29 is 0 Å². The molecule has 0 spiro atoms. The molecule has 1 aliphatic carbocycles. The molecular formula is C17H28N2. The topological polar surface area (TPSA) is 29.3 Å². The van der Waals surface area contributed by atoms with Gasteiger partial charge < -0.3 is 5.73 Å². The van der Waals surface area contributed by atoms with E-state index in [-0.39, 0.29) is 5.54 Å². The van der Waals surface area contributed by atoms with Gasteiger partial charge in [-0.1, -0.05) is 44.5 Å². The van der Waals surface area contributed by atoms with Crippen LogP contribution in [0.15, 0.2) is 24.3 Å². The lowest BCUT2D eigenvalue weighted by Gasteiger charge is -2.46. The number of likely N-dealkylation sites (N-methyl/N-ethyl adjacent to an activating group) is 1. The average Bonchev–Trinajstić information content (AvgIpc) is 2.46. The van der Waals surface area contributed by atoms with Crippen molar-refractivity contribution in [1.29, 1.82) is 0 Å². The maximum Gasteiger partial charge on any atom is 0.0584 e. The molecule has 2 heteroatoms. The number of fused-ring (bicyclic) bond motifs is 1. The molecule has 0 heterocycles. The maximum atomic E-state index is 6.23. The van der Waals surface area contributed by atoms with Crippen LogP contribution in [0.25, 0.3) is 0 Å². The van der Waals surface area contributed by atoms with Crippen LogP contribution in [-0.2, 0) is 12.0 Å². The molecule has 2 nitrogen and oxygen atoms in total. The van der Waals surface area contributed by atoms with Gasteiger partial charge >= 0.3 is 0 Å². The van der Waals surface area contributed by atoms with E-state index in [2.05, 4.69) is 50.1 Å². The van der Waals surface area contributed by atoms with Crippen LogP contribution in [0, 0.1) is 5.92 Å². The van der Waals surface area contributed by atoms with Gasteiger partial charge in [0.25, 0.3) is 0 Å². The summed E-state index contributed by atoms with van der Waals surface area (Å²) in [6.45, 7) is 6.44. The van der Waals surface area contributed by atoms with Gasteiger partial charge in [0.2, 0.25) is 0 Å². The third-order valence-electron chi connectivity index (χ3n) is 4.91. The zero-order chi connectivity index (χ0) is 13.9. The fourth-order valence-corrected chi connectivity index (χ4v) is 3.43. The van der Waals surface area contributed by atoms with Gasteiger partial charge in [-0.25, -0.2) is 0 Å². The first-order chi connectivity index (χ1) is 9.14. The minimum atomic E-state index is 0.0538. The Labute approximate surface area is 118 Å². The summed E-state index contributed by atoms with van der Waals surface area (Å²) in [5.41, 5.74) is 9.25. The molecule has 2 atom stereocenters. The number of hydrogen-bond acceptors (Lipinski definition) is 2. The van der Waals surface area contributed by atoms with Gasteiger partial charge in [-0.2, -0.15) is 0 Å². The van der Waals surface area contributed by atoms with Gasteiger partial charge in [-0.05, 0) is 43.4 Å². The summed E-state index contributed by atoms with van der Waals surface area (Å²) in [6.07, 6.45) is 4.87. The van der Waals surface area contributed by atoms with Crippen LogP contribution in [0.3, 0.4) is 0 Å². The Balaban J connectivity index is 2.33. The highest BCUT2D eigenvalue weighted by Crippen LogP contribution is 2.39. The lowest BCUT2D eigenvalue weighted by atomic mass is 9.75. The molecule has 0 saturated carbocycles. The van der Waals surface area contributed by atoms with E-state index in [1.165, 1.54) is 36.8 Å². The Morgan fingerprint density at radius 3 is 2.79 bits per heavy atom. The van der Waals surface area contributed by atoms with E-state index in [1.807, 2.05) is 0 Å². The van der Waals surface area contributed by atoms with Crippen molar-refractivity contribution in [2.75, 3.05) is 20.1 Å². The third kappa shape index (κ3) is 2.70. The molecule has 0 aromatic heterocycles. The Kier molecular flexibility index (Phi) is 4.64. The van der Waals surface area contributed by atoms with Gasteiger partial charge in [0.05, 0.1) is 5.54 Å². The van der Waals surface area contributed by atoms with Crippen molar-refractivity contribution in [2.45, 2.75) is 45.1 Å². The molecular weight excluding hydrogens is 232 g/mol. The van der Waals surface area contributed by atoms with Crippen LogP contribution in [0.2, 0.25) is 0 Å². The zero-order valence-electron chi connectivity index (χ0n) is 12.7. The van der Waals surface area contributed by atoms with Crippen molar-refractivity contribution in [2.24, 2.45) is 11.7 Å². The largest absolute Gasteiger partial charge is 0.328 e. The van der Waals surface area contributed by atoms with Crippen molar-refractivity contribution in [1.82, 2.24) is 4.90 Å². The second kappa shape index (κ2) is 6.06. The quantitative estimate of drug-likeness (QED) is 0.881. The number of benzene rings is 1. The van der Waals surface area contributed by atoms with Crippen LogP contribution >= 0.6 is 0 Å². The summed E-state index contributed by atoms with van der Waals surface area (Å²) in [5, 5.41) is 0. The lowest BCUT2D eigenvalue weighted by Crippen LogP contribution is -2.52. The van der Waals surface area contributed by atoms with E-state index in [0.717, 1.165) is 19.0 Å². The van der Waals surface area contributed by atoms with E-state index >= 15 is 0 Å². The number of rotatable bonds is 5. The van der Waals surface area contributed by atoms with E-state index in [9.17, 15) is 0 Å². The van der Waals surface area contributed by atoms with Crippen LogP contribution in [-0.4, -0.2) is 25.0 Å². The lowest BCUT2D eigenvalue weighted by molar-refractivity contribution is 0.0874.